The van der Waals surface area contributed by atoms with Gasteiger partial charge in [0.1, 0.15) is 0 Å². The third kappa shape index (κ3) is 4.97. The molecule has 0 radical (unpaired) electrons. The summed E-state index contributed by atoms with van der Waals surface area (Å²) in [5, 5.41) is 3.51. The van der Waals surface area contributed by atoms with Crippen LogP contribution in [0.2, 0.25) is 0 Å². The van der Waals surface area contributed by atoms with E-state index in [2.05, 4.69) is 29.0 Å². The van der Waals surface area contributed by atoms with E-state index in [1.54, 1.807) is 0 Å². The third-order valence-electron chi connectivity index (χ3n) is 5.91. The molecule has 1 atom stereocenters. The van der Waals surface area contributed by atoms with Crippen LogP contribution in [0.3, 0.4) is 0 Å². The van der Waals surface area contributed by atoms with Gasteiger partial charge in [0.05, 0.1) is 6.54 Å². The molecule has 1 aliphatic carbocycles. The van der Waals surface area contributed by atoms with Crippen LogP contribution in [-0.2, 0) is 0 Å². The van der Waals surface area contributed by atoms with Gasteiger partial charge in [-0.2, -0.15) is 0 Å². The summed E-state index contributed by atoms with van der Waals surface area (Å²) >= 11 is 0. The quantitative estimate of drug-likeness (QED) is 0.419. The van der Waals surface area contributed by atoms with Gasteiger partial charge in [0.25, 0.3) is 0 Å². The van der Waals surface area contributed by atoms with Crippen molar-refractivity contribution in [1.82, 2.24) is 15.1 Å². The highest BCUT2D eigenvalue weighted by Crippen LogP contribution is 2.47. The number of likely N-dealkylation sites (tertiary alicyclic amines) is 2. The Morgan fingerprint density at radius 3 is 2.65 bits per heavy atom. The summed E-state index contributed by atoms with van der Waals surface area (Å²) < 4.78 is 0. The average Bonchev–Trinajstić information content (AvgIpc) is 2.92. The normalized spacial score (nSPS) is 27.7. The van der Waals surface area contributed by atoms with Crippen LogP contribution in [0.1, 0.15) is 52.4 Å². The number of nitrogens with one attached hydrogen (secondary N) is 1. The van der Waals surface area contributed by atoms with Crippen molar-refractivity contribution >= 4 is 29.9 Å². The maximum Gasteiger partial charge on any atom is 0.193 e. The molecule has 23 heavy (non-hydrogen) atoms. The van der Waals surface area contributed by atoms with E-state index < -0.39 is 0 Å². The Balaban J connectivity index is 0.00000192. The summed E-state index contributed by atoms with van der Waals surface area (Å²) in [6.45, 7) is 12.6. The highest BCUT2D eigenvalue weighted by Gasteiger charge is 2.43. The second-order valence-corrected chi connectivity index (χ2v) is 7.81. The summed E-state index contributed by atoms with van der Waals surface area (Å²) in [7, 11) is 0. The molecule has 2 saturated heterocycles. The maximum absolute atomic E-state index is 4.93. The molecule has 1 unspecified atom stereocenters. The molecule has 3 fully saturated rings. The Bertz CT molecular complexity index is 394. The fourth-order valence-electron chi connectivity index (χ4n) is 4.41. The van der Waals surface area contributed by atoms with E-state index in [4.69, 9.17) is 4.99 Å². The first-order valence-corrected chi connectivity index (χ1v) is 9.46. The molecule has 0 aromatic heterocycles. The molecule has 134 valence electrons. The molecule has 4 nitrogen and oxygen atoms in total. The van der Waals surface area contributed by atoms with Gasteiger partial charge in [-0.3, -0.25) is 4.99 Å². The standard InChI is InChI=1S/C18H34N4.HI/c1-3-19-17(22-12-9-18(15-22)7-5-8-18)20-10-13-21-11-4-6-16(2)14-21;/h16H,3-15H2,1-2H3,(H,19,20);1H. The van der Waals surface area contributed by atoms with Gasteiger partial charge in [-0.1, -0.05) is 13.3 Å². The Morgan fingerprint density at radius 2 is 2.04 bits per heavy atom. The number of hydrogen-bond acceptors (Lipinski definition) is 2. The topological polar surface area (TPSA) is 30.9 Å². The molecule has 0 aromatic rings. The monoisotopic (exact) mass is 434 g/mol. The number of hydrogen-bond donors (Lipinski definition) is 1. The van der Waals surface area contributed by atoms with E-state index in [0.29, 0.717) is 5.41 Å². The van der Waals surface area contributed by atoms with E-state index in [-0.39, 0.29) is 24.0 Å². The molecule has 3 rings (SSSR count). The van der Waals surface area contributed by atoms with Gasteiger partial charge in [-0.15, -0.1) is 24.0 Å². The van der Waals surface area contributed by atoms with Crippen LogP contribution in [0, 0.1) is 11.3 Å². The lowest BCUT2D eigenvalue weighted by Gasteiger charge is -2.38. The highest BCUT2D eigenvalue weighted by molar-refractivity contribution is 14.0. The maximum atomic E-state index is 4.93. The predicted molar refractivity (Wildman–Crippen MR) is 109 cm³/mol. The third-order valence-corrected chi connectivity index (χ3v) is 5.91. The van der Waals surface area contributed by atoms with Crippen LogP contribution < -0.4 is 5.32 Å². The first kappa shape index (κ1) is 19.3. The molecule has 0 bridgehead atoms. The second kappa shape index (κ2) is 8.88. The second-order valence-electron chi connectivity index (χ2n) is 7.81. The van der Waals surface area contributed by atoms with Crippen LogP contribution in [-0.4, -0.2) is 61.6 Å². The molecular weight excluding hydrogens is 399 g/mol. The lowest BCUT2D eigenvalue weighted by atomic mass is 9.68. The first-order valence-electron chi connectivity index (χ1n) is 9.46. The Hall–Kier alpha value is -0.0400. The zero-order valence-electron chi connectivity index (χ0n) is 15.0. The van der Waals surface area contributed by atoms with Crippen molar-refractivity contribution < 1.29 is 0 Å². The van der Waals surface area contributed by atoms with Crippen molar-refractivity contribution in [3.05, 3.63) is 0 Å². The van der Waals surface area contributed by atoms with E-state index in [1.165, 1.54) is 64.7 Å². The summed E-state index contributed by atoms with van der Waals surface area (Å²) in [6, 6.07) is 0. The van der Waals surface area contributed by atoms with Crippen molar-refractivity contribution in [2.45, 2.75) is 52.4 Å². The van der Waals surface area contributed by atoms with E-state index in [0.717, 1.165) is 31.5 Å². The summed E-state index contributed by atoms with van der Waals surface area (Å²) in [5.74, 6) is 2.03. The van der Waals surface area contributed by atoms with Gasteiger partial charge in [0, 0.05) is 32.7 Å². The number of piperidine rings is 1. The van der Waals surface area contributed by atoms with Gasteiger partial charge in [0.15, 0.2) is 5.96 Å². The van der Waals surface area contributed by atoms with Crippen molar-refractivity contribution in [3.8, 4) is 0 Å². The number of nitrogens with zero attached hydrogens (tertiary/aromatic N) is 3. The number of guanidine groups is 1. The molecule has 2 heterocycles. The van der Waals surface area contributed by atoms with Gasteiger partial charge in [-0.25, -0.2) is 0 Å². The molecular formula is C18H35IN4. The minimum Gasteiger partial charge on any atom is -0.357 e. The van der Waals surface area contributed by atoms with E-state index in [9.17, 15) is 0 Å². The number of halogens is 1. The smallest absolute Gasteiger partial charge is 0.193 e. The fourth-order valence-corrected chi connectivity index (χ4v) is 4.41. The van der Waals surface area contributed by atoms with Crippen molar-refractivity contribution in [2.75, 3.05) is 45.8 Å². The van der Waals surface area contributed by atoms with Crippen molar-refractivity contribution in [2.24, 2.45) is 16.3 Å². The Labute approximate surface area is 159 Å². The summed E-state index contributed by atoms with van der Waals surface area (Å²) in [5.41, 5.74) is 0.651. The lowest BCUT2D eigenvalue weighted by molar-refractivity contribution is 0.151. The molecule has 3 aliphatic rings. The number of aliphatic imine (C=N–C) groups is 1. The van der Waals surface area contributed by atoms with Crippen LogP contribution in [0.4, 0.5) is 0 Å². The van der Waals surface area contributed by atoms with Gasteiger partial charge >= 0.3 is 0 Å². The summed E-state index contributed by atoms with van der Waals surface area (Å²) in [4.78, 5) is 10.0. The largest absolute Gasteiger partial charge is 0.357 e. The molecule has 0 aromatic carbocycles. The van der Waals surface area contributed by atoms with Crippen molar-refractivity contribution in [1.29, 1.82) is 0 Å². The fraction of sp³-hybridized carbons (Fsp3) is 0.944. The molecule has 5 heteroatoms. The highest BCUT2D eigenvalue weighted by atomic mass is 127. The van der Waals surface area contributed by atoms with Crippen LogP contribution >= 0.6 is 24.0 Å². The lowest BCUT2D eigenvalue weighted by Crippen LogP contribution is -2.43. The van der Waals surface area contributed by atoms with Crippen LogP contribution in [0.5, 0.6) is 0 Å². The zero-order valence-corrected chi connectivity index (χ0v) is 17.3. The van der Waals surface area contributed by atoms with E-state index in [1.807, 2.05) is 0 Å². The molecule has 1 N–H and O–H groups in total. The van der Waals surface area contributed by atoms with Crippen LogP contribution in [0.15, 0.2) is 4.99 Å². The Morgan fingerprint density at radius 1 is 1.22 bits per heavy atom. The van der Waals surface area contributed by atoms with Gasteiger partial charge in [-0.05, 0) is 56.9 Å². The molecule has 1 spiro atoms. The summed E-state index contributed by atoms with van der Waals surface area (Å²) in [6.07, 6.45) is 8.46. The minimum absolute atomic E-state index is 0. The predicted octanol–water partition coefficient (Wildman–Crippen LogP) is 3.18. The minimum atomic E-state index is 0. The average molecular weight is 434 g/mol. The Kier molecular flexibility index (Phi) is 7.45. The zero-order chi connectivity index (χ0) is 15.4. The molecule has 1 saturated carbocycles. The van der Waals surface area contributed by atoms with Gasteiger partial charge < -0.3 is 15.1 Å². The molecule has 2 aliphatic heterocycles. The van der Waals surface area contributed by atoms with E-state index >= 15 is 0 Å². The van der Waals surface area contributed by atoms with Crippen LogP contribution in [0.25, 0.3) is 0 Å². The number of rotatable bonds is 4. The first-order chi connectivity index (χ1) is 10.7. The van der Waals surface area contributed by atoms with Crippen molar-refractivity contribution in [3.63, 3.8) is 0 Å². The molecule has 0 amide bonds. The van der Waals surface area contributed by atoms with Gasteiger partial charge in [0.2, 0.25) is 0 Å². The SMILES string of the molecule is CCNC(=NCCN1CCCC(C)C1)N1CCC2(CCC2)C1.I.